The summed E-state index contributed by atoms with van der Waals surface area (Å²) >= 11 is 0. The van der Waals surface area contributed by atoms with Gasteiger partial charge in [-0.1, -0.05) is 24.3 Å². The molecular weight excluding hydrogens is 306 g/mol. The van der Waals surface area contributed by atoms with Crippen LogP contribution in [0.3, 0.4) is 0 Å². The summed E-state index contributed by atoms with van der Waals surface area (Å²) in [5.74, 6) is 0.716. The molecule has 0 fully saturated rings. The SMILES string of the molecule is COc1cccc(Cc2[nH]n(-c3cccc(C)c3)c(=O)c2N=O)c1. The monoisotopic (exact) mass is 323 g/mol. The van der Waals surface area contributed by atoms with E-state index >= 15 is 0 Å². The van der Waals surface area contributed by atoms with Crippen LogP contribution in [-0.4, -0.2) is 16.9 Å². The topological polar surface area (TPSA) is 76.4 Å². The lowest BCUT2D eigenvalue weighted by atomic mass is 10.1. The number of aryl methyl sites for hydroxylation is 1. The fraction of sp³-hybridized carbons (Fsp3) is 0.167. The highest BCUT2D eigenvalue weighted by atomic mass is 16.5. The number of methoxy groups -OCH3 is 1. The average Bonchev–Trinajstić information content (AvgIpc) is 2.90. The second-order valence-electron chi connectivity index (χ2n) is 5.54. The van der Waals surface area contributed by atoms with Crippen LogP contribution in [0, 0.1) is 11.8 Å². The standard InChI is InChI=1S/C18H17N3O3/c1-12-5-3-7-14(9-12)21-18(22)17(20-23)16(19-21)11-13-6-4-8-15(10-13)24-2/h3-10,19H,11H2,1-2H3. The number of rotatable bonds is 5. The molecule has 3 aromatic rings. The van der Waals surface area contributed by atoms with Crippen molar-refractivity contribution in [3.8, 4) is 11.4 Å². The molecule has 6 heteroatoms. The van der Waals surface area contributed by atoms with Crippen molar-refractivity contribution < 1.29 is 4.74 Å². The molecule has 0 atom stereocenters. The van der Waals surface area contributed by atoms with Crippen LogP contribution in [0.15, 0.2) is 58.5 Å². The fourth-order valence-corrected chi connectivity index (χ4v) is 2.63. The van der Waals surface area contributed by atoms with Gasteiger partial charge in [-0.3, -0.25) is 9.89 Å². The van der Waals surface area contributed by atoms with E-state index in [2.05, 4.69) is 10.3 Å². The lowest BCUT2D eigenvalue weighted by Gasteiger charge is -2.04. The van der Waals surface area contributed by atoms with Gasteiger partial charge in [-0.25, -0.2) is 4.68 Å². The van der Waals surface area contributed by atoms with Crippen LogP contribution < -0.4 is 10.3 Å². The molecule has 0 spiro atoms. The summed E-state index contributed by atoms with van der Waals surface area (Å²) < 4.78 is 6.54. The molecule has 122 valence electrons. The Labute approximate surface area is 138 Å². The van der Waals surface area contributed by atoms with E-state index in [9.17, 15) is 9.70 Å². The second-order valence-corrected chi connectivity index (χ2v) is 5.54. The minimum absolute atomic E-state index is 0.0978. The predicted molar refractivity (Wildman–Crippen MR) is 92.4 cm³/mol. The Hall–Kier alpha value is -3.15. The number of hydrogen-bond acceptors (Lipinski definition) is 4. The summed E-state index contributed by atoms with van der Waals surface area (Å²) in [6, 6.07) is 14.9. The van der Waals surface area contributed by atoms with Gasteiger partial charge in [0.25, 0.3) is 0 Å². The number of nitrogens with one attached hydrogen (secondary N) is 1. The summed E-state index contributed by atoms with van der Waals surface area (Å²) in [4.78, 5) is 23.6. The van der Waals surface area contributed by atoms with E-state index in [1.807, 2.05) is 49.4 Å². The zero-order chi connectivity index (χ0) is 17.1. The van der Waals surface area contributed by atoms with E-state index in [0.717, 1.165) is 11.1 Å². The molecule has 1 heterocycles. The summed E-state index contributed by atoms with van der Waals surface area (Å²) in [6.07, 6.45) is 0.381. The smallest absolute Gasteiger partial charge is 0.301 e. The second kappa shape index (κ2) is 6.54. The van der Waals surface area contributed by atoms with Crippen molar-refractivity contribution in [3.05, 3.63) is 80.6 Å². The first-order valence-electron chi connectivity index (χ1n) is 7.49. The minimum atomic E-state index is -0.450. The molecule has 0 aliphatic heterocycles. The lowest BCUT2D eigenvalue weighted by molar-refractivity contribution is 0.414. The van der Waals surface area contributed by atoms with E-state index < -0.39 is 5.56 Å². The third-order valence-corrected chi connectivity index (χ3v) is 3.80. The van der Waals surface area contributed by atoms with Gasteiger partial charge < -0.3 is 4.74 Å². The Morgan fingerprint density at radius 2 is 1.96 bits per heavy atom. The van der Waals surface area contributed by atoms with Crippen molar-refractivity contribution >= 4 is 5.69 Å². The number of hydrogen-bond donors (Lipinski definition) is 1. The first-order valence-corrected chi connectivity index (χ1v) is 7.49. The van der Waals surface area contributed by atoms with Crippen molar-refractivity contribution in [1.82, 2.24) is 9.78 Å². The van der Waals surface area contributed by atoms with Crippen LogP contribution in [0.2, 0.25) is 0 Å². The fourth-order valence-electron chi connectivity index (χ4n) is 2.63. The van der Waals surface area contributed by atoms with E-state index in [4.69, 9.17) is 4.74 Å². The Kier molecular flexibility index (Phi) is 4.29. The van der Waals surface area contributed by atoms with Crippen LogP contribution in [0.1, 0.15) is 16.8 Å². The van der Waals surface area contributed by atoms with Crippen LogP contribution in [0.5, 0.6) is 5.75 Å². The van der Waals surface area contributed by atoms with Gasteiger partial charge in [-0.2, -0.15) is 0 Å². The summed E-state index contributed by atoms with van der Waals surface area (Å²) in [5, 5.41) is 5.93. The Morgan fingerprint density at radius 1 is 1.17 bits per heavy atom. The van der Waals surface area contributed by atoms with Crippen LogP contribution in [0.4, 0.5) is 5.69 Å². The Balaban J connectivity index is 2.04. The quantitative estimate of drug-likeness (QED) is 0.730. The molecule has 0 unspecified atom stereocenters. The van der Waals surface area contributed by atoms with Gasteiger partial charge in [0.05, 0.1) is 18.5 Å². The molecule has 6 nitrogen and oxygen atoms in total. The highest BCUT2D eigenvalue weighted by Gasteiger charge is 2.16. The van der Waals surface area contributed by atoms with Crippen molar-refractivity contribution in [2.75, 3.05) is 7.11 Å². The number of aromatic nitrogens is 2. The van der Waals surface area contributed by atoms with Crippen molar-refractivity contribution in [3.63, 3.8) is 0 Å². The molecule has 0 aliphatic rings. The maximum Gasteiger partial charge on any atom is 0.301 e. The van der Waals surface area contributed by atoms with E-state index in [1.165, 1.54) is 4.68 Å². The van der Waals surface area contributed by atoms with Gasteiger partial charge >= 0.3 is 5.56 Å². The predicted octanol–water partition coefficient (Wildman–Crippen LogP) is 3.47. The molecular formula is C18H17N3O3. The highest BCUT2D eigenvalue weighted by molar-refractivity contribution is 5.46. The van der Waals surface area contributed by atoms with Crippen LogP contribution in [-0.2, 0) is 6.42 Å². The molecule has 1 N–H and O–H groups in total. The van der Waals surface area contributed by atoms with E-state index in [0.29, 0.717) is 23.6 Å². The molecule has 0 saturated carbocycles. The van der Waals surface area contributed by atoms with Gasteiger partial charge in [0.15, 0.2) is 5.69 Å². The molecule has 24 heavy (non-hydrogen) atoms. The summed E-state index contributed by atoms with van der Waals surface area (Å²) in [5.41, 5.74) is 2.53. The van der Waals surface area contributed by atoms with Crippen molar-refractivity contribution in [1.29, 1.82) is 0 Å². The average molecular weight is 323 g/mol. The van der Waals surface area contributed by atoms with Crippen LogP contribution in [0.25, 0.3) is 5.69 Å². The molecule has 0 amide bonds. The first-order chi connectivity index (χ1) is 11.6. The van der Waals surface area contributed by atoms with Gasteiger partial charge in [0.2, 0.25) is 0 Å². The summed E-state index contributed by atoms with van der Waals surface area (Å²) in [7, 11) is 1.59. The number of benzene rings is 2. The number of nitroso groups, excluding NO2 is 1. The maximum atomic E-state index is 12.5. The molecule has 1 aromatic heterocycles. The normalized spacial score (nSPS) is 10.6. The zero-order valence-corrected chi connectivity index (χ0v) is 13.4. The molecule has 0 aliphatic carbocycles. The number of ether oxygens (including phenoxy) is 1. The Morgan fingerprint density at radius 3 is 2.67 bits per heavy atom. The molecule has 0 saturated heterocycles. The van der Waals surface area contributed by atoms with Crippen molar-refractivity contribution in [2.45, 2.75) is 13.3 Å². The molecule has 0 bridgehead atoms. The zero-order valence-electron chi connectivity index (χ0n) is 13.4. The van der Waals surface area contributed by atoms with Crippen molar-refractivity contribution in [2.24, 2.45) is 5.18 Å². The maximum absolute atomic E-state index is 12.5. The highest BCUT2D eigenvalue weighted by Crippen LogP contribution is 2.21. The van der Waals surface area contributed by atoms with E-state index in [-0.39, 0.29) is 5.69 Å². The largest absolute Gasteiger partial charge is 0.497 e. The van der Waals surface area contributed by atoms with Crippen LogP contribution >= 0.6 is 0 Å². The Bertz CT molecular complexity index is 941. The number of aromatic amines is 1. The van der Waals surface area contributed by atoms with Gasteiger partial charge in [-0.05, 0) is 47.5 Å². The third-order valence-electron chi connectivity index (χ3n) is 3.80. The molecule has 2 aromatic carbocycles. The number of H-pyrrole nitrogens is 1. The summed E-state index contributed by atoms with van der Waals surface area (Å²) in [6.45, 7) is 1.94. The van der Waals surface area contributed by atoms with Gasteiger partial charge in [0, 0.05) is 6.42 Å². The van der Waals surface area contributed by atoms with E-state index in [1.54, 1.807) is 13.2 Å². The lowest BCUT2D eigenvalue weighted by Crippen LogP contribution is -2.14. The van der Waals surface area contributed by atoms with Gasteiger partial charge in [0.1, 0.15) is 5.75 Å². The third kappa shape index (κ3) is 2.99. The van der Waals surface area contributed by atoms with Gasteiger partial charge in [-0.15, -0.1) is 4.91 Å². The molecule has 3 rings (SSSR count). The minimum Gasteiger partial charge on any atom is -0.497 e. The molecule has 0 radical (unpaired) electrons. The first kappa shape index (κ1) is 15.7. The number of nitrogens with zero attached hydrogens (tertiary/aromatic N) is 2.